The molecule has 0 aliphatic carbocycles. The quantitative estimate of drug-likeness (QED) is 0.735. The summed E-state index contributed by atoms with van der Waals surface area (Å²) in [5.74, 6) is 0.901. The lowest BCUT2D eigenvalue weighted by atomic mass is 9.97. The molecule has 0 amide bonds. The summed E-state index contributed by atoms with van der Waals surface area (Å²) < 4.78 is 11.0. The maximum absolute atomic E-state index is 5.68. The minimum absolute atomic E-state index is 0.157. The number of benzene rings is 1. The van der Waals surface area contributed by atoms with E-state index < -0.39 is 0 Å². The summed E-state index contributed by atoms with van der Waals surface area (Å²) in [6.45, 7) is 8.48. The Labute approximate surface area is 125 Å². The average molecular weight is 300 g/mol. The van der Waals surface area contributed by atoms with Crippen molar-refractivity contribution in [3.05, 3.63) is 29.8 Å². The average Bonchev–Trinajstić information content (AvgIpc) is 2.76. The van der Waals surface area contributed by atoms with Crippen molar-refractivity contribution in [1.82, 2.24) is 0 Å². The van der Waals surface area contributed by atoms with Gasteiger partial charge in [0.15, 0.2) is 0 Å². The van der Waals surface area contributed by atoms with Gasteiger partial charge < -0.3 is 9.47 Å². The highest BCUT2D eigenvalue weighted by Gasteiger charge is 2.44. The fraction of sp³-hybridized carbons (Fsp3) is 0.600. The van der Waals surface area contributed by atoms with Gasteiger partial charge in [-0.1, -0.05) is 47.6 Å². The SMILES string of the molecule is CC.COc1ccc(C2SSC(C)(C)C2OC)cc1. The zero-order valence-corrected chi connectivity index (χ0v) is 14.2. The van der Waals surface area contributed by atoms with Crippen LogP contribution < -0.4 is 4.74 Å². The van der Waals surface area contributed by atoms with Crippen molar-refractivity contribution >= 4 is 21.6 Å². The second kappa shape index (κ2) is 7.46. The molecule has 1 fully saturated rings. The van der Waals surface area contributed by atoms with Crippen LogP contribution in [0.5, 0.6) is 5.75 Å². The Balaban J connectivity index is 0.000000861. The molecule has 1 aliphatic rings. The molecule has 4 heteroatoms. The molecule has 2 nitrogen and oxygen atoms in total. The summed E-state index contributed by atoms with van der Waals surface area (Å²) in [4.78, 5) is 0. The first-order valence-corrected chi connectivity index (χ1v) is 8.81. The van der Waals surface area contributed by atoms with Gasteiger partial charge in [0.25, 0.3) is 0 Å². The van der Waals surface area contributed by atoms with E-state index in [1.165, 1.54) is 5.56 Å². The molecule has 0 spiro atoms. The number of ether oxygens (including phenoxy) is 2. The van der Waals surface area contributed by atoms with Crippen LogP contribution in [0, 0.1) is 0 Å². The minimum atomic E-state index is 0.157. The van der Waals surface area contributed by atoms with E-state index >= 15 is 0 Å². The van der Waals surface area contributed by atoms with E-state index in [4.69, 9.17) is 9.47 Å². The van der Waals surface area contributed by atoms with Crippen LogP contribution in [-0.4, -0.2) is 25.1 Å². The van der Waals surface area contributed by atoms with Crippen molar-refractivity contribution in [3.8, 4) is 5.75 Å². The molecular weight excluding hydrogens is 276 g/mol. The van der Waals surface area contributed by atoms with E-state index in [-0.39, 0.29) is 10.9 Å². The van der Waals surface area contributed by atoms with Gasteiger partial charge in [-0.05, 0) is 31.5 Å². The van der Waals surface area contributed by atoms with E-state index in [2.05, 4.69) is 26.0 Å². The first kappa shape index (κ1) is 16.7. The van der Waals surface area contributed by atoms with E-state index in [1.54, 1.807) is 14.2 Å². The van der Waals surface area contributed by atoms with Crippen molar-refractivity contribution in [2.75, 3.05) is 14.2 Å². The molecule has 1 aliphatic heterocycles. The predicted molar refractivity (Wildman–Crippen MR) is 87.1 cm³/mol. The first-order valence-electron chi connectivity index (χ1n) is 6.59. The zero-order valence-electron chi connectivity index (χ0n) is 12.6. The van der Waals surface area contributed by atoms with Gasteiger partial charge in [0, 0.05) is 11.9 Å². The van der Waals surface area contributed by atoms with Gasteiger partial charge in [-0.25, -0.2) is 0 Å². The van der Waals surface area contributed by atoms with Gasteiger partial charge in [0.2, 0.25) is 0 Å². The Hall–Kier alpha value is -0.320. The highest BCUT2D eigenvalue weighted by atomic mass is 33.1. The maximum atomic E-state index is 5.68. The molecule has 1 aromatic carbocycles. The van der Waals surface area contributed by atoms with Crippen molar-refractivity contribution in [1.29, 1.82) is 0 Å². The topological polar surface area (TPSA) is 18.5 Å². The van der Waals surface area contributed by atoms with Gasteiger partial charge in [-0.15, -0.1) is 0 Å². The first-order chi connectivity index (χ1) is 9.08. The van der Waals surface area contributed by atoms with Gasteiger partial charge >= 0.3 is 0 Å². The normalized spacial score (nSPS) is 24.5. The minimum Gasteiger partial charge on any atom is -0.497 e. The molecule has 0 aromatic heterocycles. The molecule has 0 N–H and O–H groups in total. The molecule has 19 heavy (non-hydrogen) atoms. The zero-order chi connectivity index (χ0) is 14.5. The molecular formula is C15H24O2S2. The predicted octanol–water partition coefficient (Wildman–Crippen LogP) is 4.95. The molecule has 1 saturated heterocycles. The van der Waals surface area contributed by atoms with Gasteiger partial charge in [-0.3, -0.25) is 0 Å². The van der Waals surface area contributed by atoms with Crippen LogP contribution in [0.4, 0.5) is 0 Å². The molecule has 0 radical (unpaired) electrons. The lowest BCUT2D eigenvalue weighted by Gasteiger charge is -2.27. The Bertz CT molecular complexity index is 376. The smallest absolute Gasteiger partial charge is 0.118 e. The van der Waals surface area contributed by atoms with E-state index in [1.807, 2.05) is 47.6 Å². The van der Waals surface area contributed by atoms with Crippen LogP contribution >= 0.6 is 21.6 Å². The summed E-state index contributed by atoms with van der Waals surface area (Å²) in [7, 11) is 7.30. The third-order valence-electron chi connectivity index (χ3n) is 3.02. The monoisotopic (exact) mass is 300 g/mol. The van der Waals surface area contributed by atoms with Gasteiger partial charge in [0.05, 0.1) is 18.5 Å². The highest BCUT2D eigenvalue weighted by Crippen LogP contribution is 2.58. The van der Waals surface area contributed by atoms with E-state index in [0.717, 1.165) is 5.75 Å². The van der Waals surface area contributed by atoms with Gasteiger partial charge in [0.1, 0.15) is 5.75 Å². The second-order valence-corrected chi connectivity index (χ2v) is 7.63. The number of hydrogen-bond acceptors (Lipinski definition) is 4. The second-order valence-electron chi connectivity index (χ2n) is 4.63. The third kappa shape index (κ3) is 3.83. The van der Waals surface area contributed by atoms with Crippen LogP contribution in [0.3, 0.4) is 0 Å². The number of rotatable bonds is 3. The van der Waals surface area contributed by atoms with Crippen molar-refractivity contribution < 1.29 is 9.47 Å². The molecule has 0 saturated carbocycles. The maximum Gasteiger partial charge on any atom is 0.118 e. The van der Waals surface area contributed by atoms with Crippen LogP contribution in [0.25, 0.3) is 0 Å². The lowest BCUT2D eigenvalue weighted by Crippen LogP contribution is -2.33. The fourth-order valence-corrected chi connectivity index (χ4v) is 5.63. The van der Waals surface area contributed by atoms with Crippen LogP contribution in [-0.2, 0) is 4.74 Å². The van der Waals surface area contributed by atoms with E-state index in [0.29, 0.717) is 5.25 Å². The summed E-state index contributed by atoms with van der Waals surface area (Å²) in [5, 5.41) is 0.394. The molecule has 2 atom stereocenters. The Morgan fingerprint density at radius 2 is 1.63 bits per heavy atom. The van der Waals surface area contributed by atoms with Crippen LogP contribution in [0.2, 0.25) is 0 Å². The lowest BCUT2D eigenvalue weighted by molar-refractivity contribution is 0.0791. The molecule has 2 rings (SSSR count). The Morgan fingerprint density at radius 1 is 1.05 bits per heavy atom. The fourth-order valence-electron chi connectivity index (χ4n) is 2.07. The summed E-state index contributed by atoms with van der Waals surface area (Å²) in [6, 6.07) is 8.28. The molecule has 1 aromatic rings. The van der Waals surface area contributed by atoms with E-state index in [9.17, 15) is 0 Å². The Morgan fingerprint density at radius 3 is 2.11 bits per heavy atom. The van der Waals surface area contributed by atoms with Crippen molar-refractivity contribution in [2.24, 2.45) is 0 Å². The molecule has 0 bridgehead atoms. The third-order valence-corrected chi connectivity index (χ3v) is 6.71. The molecule has 2 unspecified atom stereocenters. The largest absolute Gasteiger partial charge is 0.497 e. The molecule has 108 valence electrons. The number of hydrogen-bond donors (Lipinski definition) is 0. The Kier molecular flexibility index (Phi) is 6.57. The van der Waals surface area contributed by atoms with Crippen LogP contribution in [0.1, 0.15) is 38.5 Å². The van der Waals surface area contributed by atoms with Crippen LogP contribution in [0.15, 0.2) is 24.3 Å². The summed E-state index contributed by atoms with van der Waals surface area (Å²) in [6.07, 6.45) is 0.242. The molecule has 1 heterocycles. The van der Waals surface area contributed by atoms with Gasteiger partial charge in [-0.2, -0.15) is 0 Å². The summed E-state index contributed by atoms with van der Waals surface area (Å²) >= 11 is 0. The summed E-state index contributed by atoms with van der Waals surface area (Å²) in [5.41, 5.74) is 1.31. The van der Waals surface area contributed by atoms with Crippen molar-refractivity contribution in [2.45, 2.75) is 43.8 Å². The highest BCUT2D eigenvalue weighted by molar-refractivity contribution is 8.77. The number of methoxy groups -OCH3 is 2. The van der Waals surface area contributed by atoms with Crippen molar-refractivity contribution in [3.63, 3.8) is 0 Å². The standard InChI is InChI=1S/C13H18O2S2.C2H6/c1-13(2)12(15-4)11(16-17-13)9-5-7-10(14-3)8-6-9;1-2/h5-8,11-12H,1-4H3;1-2H3.